The van der Waals surface area contributed by atoms with Crippen LogP contribution in [0.4, 0.5) is 0 Å². The van der Waals surface area contributed by atoms with Gasteiger partial charge in [0.1, 0.15) is 0 Å². The van der Waals surface area contributed by atoms with Crippen molar-refractivity contribution in [3.8, 4) is 22.5 Å². The molecule has 2 aromatic heterocycles. The monoisotopic (exact) mass is 425 g/mol. The first-order valence-corrected chi connectivity index (χ1v) is 11.5. The van der Waals surface area contributed by atoms with E-state index in [0.29, 0.717) is 11.0 Å². The summed E-state index contributed by atoms with van der Waals surface area (Å²) in [6, 6.07) is 16.6. The van der Waals surface area contributed by atoms with Crippen LogP contribution in [0.3, 0.4) is 0 Å². The zero-order chi connectivity index (χ0) is 19.7. The first kappa shape index (κ1) is 19.4. The Hall–Kier alpha value is -1.95. The van der Waals surface area contributed by atoms with Crippen molar-refractivity contribution >= 4 is 40.9 Å². The number of hydrogen-bond acceptors (Lipinski definition) is 4. The maximum absolute atomic E-state index is 6.61. The minimum Gasteiger partial charge on any atom is -0.283 e. The number of fused-ring (bicyclic) bond motifs is 1. The molecule has 3 nitrogen and oxygen atoms in total. The third-order valence-corrected chi connectivity index (χ3v) is 6.58. The van der Waals surface area contributed by atoms with E-state index in [1.165, 1.54) is 4.90 Å². The molecule has 0 bridgehead atoms. The maximum atomic E-state index is 6.61. The lowest BCUT2D eigenvalue weighted by atomic mass is 10.0. The number of nitrogens with zero attached hydrogens (tertiary/aromatic N) is 3. The fourth-order valence-electron chi connectivity index (χ4n) is 3.11. The Morgan fingerprint density at radius 3 is 2.46 bits per heavy atom. The number of benzene rings is 2. The number of aromatic nitrogens is 3. The van der Waals surface area contributed by atoms with Gasteiger partial charge in [0.25, 0.3) is 0 Å². The molecule has 4 rings (SSSR count). The predicted octanol–water partition coefficient (Wildman–Crippen LogP) is 6.94. The molecule has 6 heteroatoms. The van der Waals surface area contributed by atoms with Gasteiger partial charge in [-0.1, -0.05) is 43.6 Å². The Morgan fingerprint density at radius 1 is 1.04 bits per heavy atom. The molecular formula is C22H20ClN3S2. The third-order valence-electron chi connectivity index (χ3n) is 4.34. The van der Waals surface area contributed by atoms with Crippen LogP contribution in [-0.4, -0.2) is 25.9 Å². The number of thioether (sulfide) groups is 2. The molecule has 0 saturated heterocycles. The summed E-state index contributed by atoms with van der Waals surface area (Å²) in [7, 11) is 0. The van der Waals surface area contributed by atoms with Gasteiger partial charge in [0.05, 0.1) is 16.4 Å². The van der Waals surface area contributed by atoms with E-state index in [0.717, 1.165) is 32.4 Å². The van der Waals surface area contributed by atoms with Crippen LogP contribution in [0.1, 0.15) is 13.8 Å². The standard InChI is InChI=1S/C22H20ClN3S2/c1-14(2)28-19-10-7-16(13-18(19)23)21-20(15-5-8-17(27-3)9-6-15)25-22-24-11-4-12-26(21)22/h4-14H,1-3H3. The summed E-state index contributed by atoms with van der Waals surface area (Å²) >= 11 is 10.1. The molecule has 0 saturated carbocycles. The SMILES string of the molecule is CSc1ccc(-c2nc3ncccn3c2-c2ccc(SC(C)C)c(Cl)c2)cc1. The summed E-state index contributed by atoms with van der Waals surface area (Å²) in [4.78, 5) is 11.6. The van der Waals surface area contributed by atoms with E-state index in [1.54, 1.807) is 29.7 Å². The van der Waals surface area contributed by atoms with Crippen LogP contribution in [-0.2, 0) is 0 Å². The van der Waals surface area contributed by atoms with Crippen molar-refractivity contribution in [3.63, 3.8) is 0 Å². The van der Waals surface area contributed by atoms with Crippen LogP contribution in [0.2, 0.25) is 5.02 Å². The van der Waals surface area contributed by atoms with Gasteiger partial charge < -0.3 is 0 Å². The summed E-state index contributed by atoms with van der Waals surface area (Å²) in [5, 5.41) is 1.24. The Bertz CT molecular complexity index is 1120. The van der Waals surface area contributed by atoms with Crippen LogP contribution >= 0.6 is 35.1 Å². The highest BCUT2D eigenvalue weighted by molar-refractivity contribution is 8.00. The molecule has 0 radical (unpaired) electrons. The van der Waals surface area contributed by atoms with Crippen molar-refractivity contribution < 1.29 is 0 Å². The average molecular weight is 426 g/mol. The smallest absolute Gasteiger partial charge is 0.234 e. The lowest BCUT2D eigenvalue weighted by Gasteiger charge is -2.10. The molecule has 0 aliphatic rings. The predicted molar refractivity (Wildman–Crippen MR) is 122 cm³/mol. The number of imidazole rings is 1. The summed E-state index contributed by atoms with van der Waals surface area (Å²) in [5.74, 6) is 0.679. The zero-order valence-electron chi connectivity index (χ0n) is 15.9. The molecule has 4 aromatic rings. The van der Waals surface area contributed by atoms with Gasteiger partial charge >= 0.3 is 0 Å². The molecule has 142 valence electrons. The van der Waals surface area contributed by atoms with E-state index in [9.17, 15) is 0 Å². The first-order valence-electron chi connectivity index (χ1n) is 9.01. The van der Waals surface area contributed by atoms with Gasteiger partial charge in [-0.2, -0.15) is 0 Å². The Morgan fingerprint density at radius 2 is 1.79 bits per heavy atom. The normalized spacial score (nSPS) is 11.5. The largest absolute Gasteiger partial charge is 0.283 e. The van der Waals surface area contributed by atoms with Gasteiger partial charge in [-0.25, -0.2) is 9.97 Å². The molecule has 0 atom stereocenters. The third kappa shape index (κ3) is 3.79. The summed E-state index contributed by atoms with van der Waals surface area (Å²) < 4.78 is 2.03. The molecule has 0 N–H and O–H groups in total. The molecule has 0 spiro atoms. The van der Waals surface area contributed by atoms with Gasteiger partial charge in [0.2, 0.25) is 5.78 Å². The Labute approximate surface area is 178 Å². The number of halogens is 1. The van der Waals surface area contributed by atoms with E-state index in [2.05, 4.69) is 61.5 Å². The summed E-state index contributed by atoms with van der Waals surface area (Å²) in [5.41, 5.74) is 4.01. The van der Waals surface area contributed by atoms with Gasteiger partial charge in [-0.3, -0.25) is 4.40 Å². The number of hydrogen-bond donors (Lipinski definition) is 0. The van der Waals surface area contributed by atoms with E-state index >= 15 is 0 Å². The first-order chi connectivity index (χ1) is 13.6. The van der Waals surface area contributed by atoms with E-state index in [1.807, 2.05) is 22.7 Å². The fourth-order valence-corrected chi connectivity index (χ4v) is 4.66. The highest BCUT2D eigenvalue weighted by atomic mass is 35.5. The molecule has 28 heavy (non-hydrogen) atoms. The van der Waals surface area contributed by atoms with Crippen LogP contribution in [0.5, 0.6) is 0 Å². The van der Waals surface area contributed by atoms with Gasteiger partial charge in [-0.15, -0.1) is 23.5 Å². The van der Waals surface area contributed by atoms with E-state index in [4.69, 9.17) is 16.6 Å². The zero-order valence-corrected chi connectivity index (χ0v) is 18.3. The molecule has 2 aromatic carbocycles. The minimum absolute atomic E-state index is 0.480. The van der Waals surface area contributed by atoms with Gasteiger partial charge in [0, 0.05) is 38.6 Å². The molecule has 0 aliphatic heterocycles. The molecule has 0 amide bonds. The molecule has 2 heterocycles. The van der Waals surface area contributed by atoms with Crippen molar-refractivity contribution in [1.29, 1.82) is 0 Å². The second-order valence-electron chi connectivity index (χ2n) is 6.64. The number of rotatable bonds is 5. The van der Waals surface area contributed by atoms with Crippen LogP contribution in [0.25, 0.3) is 28.3 Å². The maximum Gasteiger partial charge on any atom is 0.234 e. The highest BCUT2D eigenvalue weighted by Crippen LogP contribution is 2.37. The minimum atomic E-state index is 0.480. The van der Waals surface area contributed by atoms with E-state index in [-0.39, 0.29) is 0 Å². The quantitative estimate of drug-likeness (QED) is 0.324. The van der Waals surface area contributed by atoms with Crippen molar-refractivity contribution in [1.82, 2.24) is 14.4 Å². The lowest BCUT2D eigenvalue weighted by molar-refractivity contribution is 1.11. The topological polar surface area (TPSA) is 30.2 Å². The van der Waals surface area contributed by atoms with E-state index < -0.39 is 0 Å². The fraction of sp³-hybridized carbons (Fsp3) is 0.182. The lowest BCUT2D eigenvalue weighted by Crippen LogP contribution is -1.92. The molecule has 0 unspecified atom stereocenters. The van der Waals surface area contributed by atoms with Gasteiger partial charge in [0.15, 0.2) is 0 Å². The van der Waals surface area contributed by atoms with Crippen molar-refractivity contribution in [2.75, 3.05) is 6.26 Å². The second kappa shape index (κ2) is 8.19. The highest BCUT2D eigenvalue weighted by Gasteiger charge is 2.18. The van der Waals surface area contributed by atoms with Crippen LogP contribution < -0.4 is 0 Å². The van der Waals surface area contributed by atoms with Gasteiger partial charge in [-0.05, 0) is 36.6 Å². The average Bonchev–Trinajstić information content (AvgIpc) is 3.09. The van der Waals surface area contributed by atoms with Crippen molar-refractivity contribution in [2.24, 2.45) is 0 Å². The summed E-state index contributed by atoms with van der Waals surface area (Å²) in [6.45, 7) is 4.34. The van der Waals surface area contributed by atoms with Crippen LogP contribution in [0, 0.1) is 0 Å². The van der Waals surface area contributed by atoms with Crippen molar-refractivity contribution in [2.45, 2.75) is 28.9 Å². The molecule has 0 fully saturated rings. The second-order valence-corrected chi connectivity index (χ2v) is 9.54. The molecular weight excluding hydrogens is 406 g/mol. The summed E-state index contributed by atoms with van der Waals surface area (Å²) in [6.07, 6.45) is 5.84. The molecule has 0 aliphatic carbocycles. The van der Waals surface area contributed by atoms with Crippen molar-refractivity contribution in [3.05, 3.63) is 65.9 Å². The Balaban J connectivity index is 1.89. The van der Waals surface area contributed by atoms with Crippen LogP contribution in [0.15, 0.2) is 70.7 Å². The Kier molecular flexibility index (Phi) is 5.67.